The Morgan fingerprint density at radius 3 is 2.18 bits per heavy atom. The minimum absolute atomic E-state index is 0.387. The van der Waals surface area contributed by atoms with E-state index < -0.39 is 40.8 Å². The van der Waals surface area contributed by atoms with Gasteiger partial charge in [-0.15, -0.1) is 0 Å². The van der Waals surface area contributed by atoms with Crippen LogP contribution in [0.3, 0.4) is 0 Å². The Balaban J connectivity index is 2.46. The van der Waals surface area contributed by atoms with E-state index in [0.717, 1.165) is 24.5 Å². The number of hydrogen-bond donors (Lipinski definition) is 2. The Morgan fingerprint density at radius 1 is 1.18 bits per heavy atom. The minimum atomic E-state index is -5.55. The number of hydrazine groups is 1. The highest BCUT2D eigenvalue weighted by atomic mass is 19.4. The van der Waals surface area contributed by atoms with Crippen LogP contribution in [0, 0.1) is 0 Å². The van der Waals surface area contributed by atoms with Gasteiger partial charge in [0.15, 0.2) is 0 Å². The fourth-order valence-electron chi connectivity index (χ4n) is 1.69. The van der Waals surface area contributed by atoms with Crippen molar-refractivity contribution in [3.63, 3.8) is 0 Å². The molecule has 120 valence electrons. The molecule has 2 N–H and O–H groups in total. The maximum atomic E-state index is 12.9. The Bertz CT molecular complexity index is 612. The number of carbonyl (C=O) groups excluding carboxylic acids is 1. The number of rotatable bonds is 1. The summed E-state index contributed by atoms with van der Waals surface area (Å²) in [6.45, 7) is 0. The summed E-state index contributed by atoms with van der Waals surface area (Å²) in [6, 6.07) is 1.98. The lowest BCUT2D eigenvalue weighted by molar-refractivity contribution is -0.283. The largest absolute Gasteiger partial charge is 0.442 e. The average Bonchev–Trinajstić information content (AvgIpc) is 2.78. The summed E-state index contributed by atoms with van der Waals surface area (Å²) in [5.74, 6) is -1.50. The van der Waals surface area contributed by atoms with Crippen molar-refractivity contribution in [3.05, 3.63) is 41.9 Å². The van der Waals surface area contributed by atoms with Crippen molar-refractivity contribution in [1.82, 2.24) is 15.4 Å². The molecule has 1 unspecified atom stereocenters. The molecule has 2 rings (SSSR count). The molecule has 22 heavy (non-hydrogen) atoms. The summed E-state index contributed by atoms with van der Waals surface area (Å²) in [4.78, 5) is 15.5. The first-order valence-corrected chi connectivity index (χ1v) is 5.57. The Morgan fingerprint density at radius 2 is 1.73 bits per heavy atom. The van der Waals surface area contributed by atoms with Gasteiger partial charge in [0.05, 0.1) is 0 Å². The summed E-state index contributed by atoms with van der Waals surface area (Å²) in [5.41, 5.74) is -5.15. The van der Waals surface area contributed by atoms with E-state index in [-0.39, 0.29) is 5.56 Å². The number of halogens is 6. The third-order valence-electron chi connectivity index (χ3n) is 2.77. The van der Waals surface area contributed by atoms with Crippen LogP contribution < -0.4 is 5.43 Å². The number of amides is 1. The summed E-state index contributed by atoms with van der Waals surface area (Å²) in [7, 11) is 0. The first-order valence-electron chi connectivity index (χ1n) is 5.57. The van der Waals surface area contributed by atoms with Gasteiger partial charge in [-0.3, -0.25) is 15.2 Å². The highest BCUT2D eigenvalue weighted by Gasteiger charge is 2.64. The van der Waals surface area contributed by atoms with Crippen molar-refractivity contribution in [2.45, 2.75) is 18.1 Å². The van der Waals surface area contributed by atoms with Crippen molar-refractivity contribution in [2.24, 2.45) is 0 Å². The number of aliphatic hydroxyl groups is 1. The lowest BCUT2D eigenvalue weighted by atomic mass is 10.1. The SMILES string of the molecule is O=C(c1ccncc1)N1NC(C(F)(F)F)=CC1(O)C(F)(F)F. The molecule has 1 aliphatic heterocycles. The highest BCUT2D eigenvalue weighted by molar-refractivity contribution is 5.94. The smallest absolute Gasteiger partial charge is 0.359 e. The first kappa shape index (κ1) is 16.1. The molecule has 1 atom stereocenters. The van der Waals surface area contributed by atoms with Crippen LogP contribution in [-0.2, 0) is 0 Å². The van der Waals surface area contributed by atoms with Gasteiger partial charge in [-0.05, 0) is 12.1 Å². The van der Waals surface area contributed by atoms with E-state index in [1.807, 2.05) is 0 Å². The number of nitrogens with zero attached hydrogens (tertiary/aromatic N) is 2. The van der Waals surface area contributed by atoms with Crippen LogP contribution in [0.2, 0.25) is 0 Å². The molecular weight excluding hydrogens is 320 g/mol. The number of allylic oxidation sites excluding steroid dienone is 1. The van der Waals surface area contributed by atoms with E-state index in [0.29, 0.717) is 0 Å². The molecule has 2 heterocycles. The van der Waals surface area contributed by atoms with Crippen molar-refractivity contribution in [1.29, 1.82) is 0 Å². The zero-order valence-electron chi connectivity index (χ0n) is 10.4. The van der Waals surface area contributed by atoms with Gasteiger partial charge >= 0.3 is 12.4 Å². The van der Waals surface area contributed by atoms with E-state index in [9.17, 15) is 36.2 Å². The first-order chi connectivity index (χ1) is 9.97. The lowest BCUT2D eigenvalue weighted by Gasteiger charge is -2.33. The van der Waals surface area contributed by atoms with Gasteiger partial charge in [0.25, 0.3) is 11.6 Å². The molecular formula is C11H7F6N3O2. The Kier molecular flexibility index (Phi) is 3.56. The van der Waals surface area contributed by atoms with Gasteiger partial charge in [0.1, 0.15) is 5.70 Å². The van der Waals surface area contributed by atoms with Crippen molar-refractivity contribution < 1.29 is 36.2 Å². The van der Waals surface area contributed by atoms with E-state index in [2.05, 4.69) is 4.98 Å². The summed E-state index contributed by atoms with van der Waals surface area (Å²) in [6.07, 6.45) is -9.11. The molecule has 1 amide bonds. The van der Waals surface area contributed by atoms with Crippen LogP contribution in [0.1, 0.15) is 10.4 Å². The summed E-state index contributed by atoms with van der Waals surface area (Å²) >= 11 is 0. The average molecular weight is 327 g/mol. The monoisotopic (exact) mass is 327 g/mol. The van der Waals surface area contributed by atoms with Gasteiger partial charge in [-0.2, -0.15) is 26.3 Å². The zero-order valence-corrected chi connectivity index (χ0v) is 10.4. The van der Waals surface area contributed by atoms with Crippen LogP contribution >= 0.6 is 0 Å². The molecule has 0 saturated carbocycles. The maximum Gasteiger partial charge on any atom is 0.442 e. The molecule has 0 aliphatic carbocycles. The predicted molar refractivity (Wildman–Crippen MR) is 58.7 cm³/mol. The second-order valence-corrected chi connectivity index (χ2v) is 4.27. The van der Waals surface area contributed by atoms with Crippen molar-refractivity contribution >= 4 is 5.91 Å². The summed E-state index contributed by atoms with van der Waals surface area (Å²) in [5, 5.41) is 9.06. The summed E-state index contributed by atoms with van der Waals surface area (Å²) < 4.78 is 76.5. The number of aromatic nitrogens is 1. The van der Waals surface area contributed by atoms with Crippen LogP contribution in [0.4, 0.5) is 26.3 Å². The normalized spacial score (nSPS) is 22.3. The number of carbonyl (C=O) groups is 1. The fourth-order valence-corrected chi connectivity index (χ4v) is 1.69. The molecule has 0 aromatic carbocycles. The predicted octanol–water partition coefficient (Wildman–Crippen LogP) is 1.74. The standard InChI is InChI=1S/C11H7F6N3O2/c12-10(13,14)7-5-9(22,11(15,16)17)20(19-7)8(21)6-1-3-18-4-2-6/h1-5,19,22H. The number of alkyl halides is 6. The van der Waals surface area contributed by atoms with E-state index in [1.165, 1.54) is 5.43 Å². The molecule has 0 radical (unpaired) electrons. The number of hydrogen-bond acceptors (Lipinski definition) is 4. The van der Waals surface area contributed by atoms with Gasteiger partial charge in [-0.1, -0.05) is 0 Å². The molecule has 11 heteroatoms. The van der Waals surface area contributed by atoms with Crippen LogP contribution in [0.5, 0.6) is 0 Å². The van der Waals surface area contributed by atoms with Gasteiger partial charge < -0.3 is 5.11 Å². The third kappa shape index (κ3) is 2.58. The molecule has 0 spiro atoms. The minimum Gasteiger partial charge on any atom is -0.359 e. The van der Waals surface area contributed by atoms with Crippen LogP contribution in [0.25, 0.3) is 0 Å². The van der Waals surface area contributed by atoms with Crippen LogP contribution in [0.15, 0.2) is 36.3 Å². The Hall–Kier alpha value is -2.30. The van der Waals surface area contributed by atoms with Crippen molar-refractivity contribution in [3.8, 4) is 0 Å². The molecule has 0 saturated heterocycles. The molecule has 1 aliphatic rings. The van der Waals surface area contributed by atoms with E-state index >= 15 is 0 Å². The third-order valence-corrected chi connectivity index (χ3v) is 2.77. The number of nitrogens with one attached hydrogen (secondary N) is 1. The number of pyridine rings is 1. The van der Waals surface area contributed by atoms with Gasteiger partial charge in [0.2, 0.25) is 0 Å². The van der Waals surface area contributed by atoms with Crippen molar-refractivity contribution in [2.75, 3.05) is 0 Å². The topological polar surface area (TPSA) is 65.5 Å². The van der Waals surface area contributed by atoms with Crippen LogP contribution in [-0.4, -0.2) is 39.1 Å². The fraction of sp³-hybridized carbons (Fsp3) is 0.273. The Labute approximate surface area is 118 Å². The maximum absolute atomic E-state index is 12.9. The van der Waals surface area contributed by atoms with Gasteiger partial charge in [0, 0.05) is 24.0 Å². The molecule has 0 fully saturated rings. The molecule has 1 aromatic heterocycles. The quantitative estimate of drug-likeness (QED) is 0.771. The molecule has 0 bridgehead atoms. The molecule has 5 nitrogen and oxygen atoms in total. The van der Waals surface area contributed by atoms with E-state index in [1.54, 1.807) is 0 Å². The lowest BCUT2D eigenvalue weighted by Crippen LogP contribution is -2.60. The zero-order chi connectivity index (χ0) is 16.8. The second kappa shape index (κ2) is 4.87. The second-order valence-electron chi connectivity index (χ2n) is 4.27. The molecule has 1 aromatic rings. The van der Waals surface area contributed by atoms with Gasteiger partial charge in [-0.25, -0.2) is 5.01 Å². The van der Waals surface area contributed by atoms with E-state index in [4.69, 9.17) is 0 Å². The highest BCUT2D eigenvalue weighted by Crippen LogP contribution is 2.41.